The Labute approximate surface area is 199 Å². The van der Waals surface area contributed by atoms with Gasteiger partial charge in [0.2, 0.25) is 11.0 Å². The molecule has 2 N–H and O–H groups in total. The molecule has 4 heterocycles. The molecule has 9 nitrogen and oxygen atoms in total. The first kappa shape index (κ1) is 21.3. The second-order valence-corrected chi connectivity index (χ2v) is 10.2. The second kappa shape index (κ2) is 8.52. The van der Waals surface area contributed by atoms with Crippen LogP contribution in [-0.4, -0.2) is 60.8 Å². The summed E-state index contributed by atoms with van der Waals surface area (Å²) >= 11 is 1.15. The van der Waals surface area contributed by atoms with Crippen LogP contribution in [0.4, 0.5) is 10.3 Å². The van der Waals surface area contributed by atoms with E-state index in [1.807, 2.05) is 6.07 Å². The molecule has 11 heteroatoms. The average molecular weight is 479 g/mol. The van der Waals surface area contributed by atoms with Crippen molar-refractivity contribution in [3.8, 4) is 33.6 Å². The number of benzene rings is 1. The zero-order valence-electron chi connectivity index (χ0n) is 18.3. The molecule has 0 unspecified atom stereocenters. The Balaban J connectivity index is 1.25. The molecule has 3 aliphatic rings. The standard InChI is InChI=1S/C23H23FN8OS/c24-21-16-3-1-2-13(27-16)9-18(21)32(14-5-6-14)23-26-11-17(28-31-23)15-7-4-12(8-19(15)33)22-30-29-20(10-25)34-22/h4,7-8,11,13-14,16,18,21,27,33H,1-3,5-6,9H2/t13-,16-,18-,21+/m0/s1. The number of halogens is 1. The number of nitrogens with zero attached hydrogens (tertiary/aromatic N) is 7. The minimum atomic E-state index is -0.959. The number of rotatable bonds is 5. The van der Waals surface area contributed by atoms with Crippen molar-refractivity contribution >= 4 is 17.3 Å². The molecule has 4 atom stereocenters. The molecule has 1 aliphatic carbocycles. The van der Waals surface area contributed by atoms with Gasteiger partial charge in [-0.3, -0.25) is 0 Å². The van der Waals surface area contributed by atoms with E-state index in [2.05, 4.69) is 35.6 Å². The molecular formula is C23H23FN8OS. The third-order valence-corrected chi connectivity index (χ3v) is 7.79. The van der Waals surface area contributed by atoms with Crippen LogP contribution in [0.15, 0.2) is 24.4 Å². The van der Waals surface area contributed by atoms with Crippen molar-refractivity contribution in [3.05, 3.63) is 29.4 Å². The summed E-state index contributed by atoms with van der Waals surface area (Å²) in [4.78, 5) is 6.61. The number of nitriles is 1. The van der Waals surface area contributed by atoms with Gasteiger partial charge in [-0.15, -0.1) is 20.4 Å². The monoisotopic (exact) mass is 478 g/mol. The molecule has 1 saturated carbocycles. The lowest BCUT2D eigenvalue weighted by atomic mass is 9.82. The van der Waals surface area contributed by atoms with E-state index < -0.39 is 6.17 Å². The van der Waals surface area contributed by atoms with Crippen molar-refractivity contribution < 1.29 is 9.50 Å². The number of phenolic OH excluding ortho intramolecular Hbond substituents is 1. The quantitative estimate of drug-likeness (QED) is 0.569. The van der Waals surface area contributed by atoms with Gasteiger partial charge < -0.3 is 15.3 Å². The average Bonchev–Trinajstić information content (AvgIpc) is 3.57. The fourth-order valence-electron chi connectivity index (χ4n) is 5.16. The third-order valence-electron chi connectivity index (χ3n) is 6.91. The second-order valence-electron chi connectivity index (χ2n) is 9.19. The van der Waals surface area contributed by atoms with Gasteiger partial charge in [0, 0.05) is 29.3 Å². The SMILES string of the molecule is N#Cc1nnc(-c2ccc(-c3cnc(N(C4CC4)[C@H]4C[C@@H]5CCC[C@H](N5)[C@H]4F)nn3)c(O)c2)s1. The Kier molecular flexibility index (Phi) is 5.34. The van der Waals surface area contributed by atoms with Crippen LogP contribution >= 0.6 is 11.3 Å². The van der Waals surface area contributed by atoms with Gasteiger partial charge in [0.05, 0.1) is 12.2 Å². The van der Waals surface area contributed by atoms with Crippen LogP contribution in [0.1, 0.15) is 43.5 Å². The minimum absolute atomic E-state index is 0.00380. The summed E-state index contributed by atoms with van der Waals surface area (Å²) in [5.41, 5.74) is 1.57. The Hall–Kier alpha value is -3.23. The highest BCUT2D eigenvalue weighted by atomic mass is 32.1. The number of phenols is 1. The molecule has 1 aromatic carbocycles. The first-order valence-electron chi connectivity index (χ1n) is 11.6. The summed E-state index contributed by atoms with van der Waals surface area (Å²) in [7, 11) is 0. The van der Waals surface area contributed by atoms with E-state index in [-0.39, 0.29) is 28.9 Å². The zero-order valence-corrected chi connectivity index (χ0v) is 19.1. The Morgan fingerprint density at radius 3 is 2.74 bits per heavy atom. The maximum Gasteiger partial charge on any atom is 0.245 e. The molecule has 2 aromatic heterocycles. The summed E-state index contributed by atoms with van der Waals surface area (Å²) in [5.74, 6) is 0.456. The van der Waals surface area contributed by atoms with Crippen LogP contribution in [0.3, 0.4) is 0 Å². The smallest absolute Gasteiger partial charge is 0.245 e. The molecule has 0 radical (unpaired) electrons. The van der Waals surface area contributed by atoms with Gasteiger partial charge in [-0.05, 0) is 44.2 Å². The first-order chi connectivity index (χ1) is 16.6. The summed E-state index contributed by atoms with van der Waals surface area (Å²) in [5, 5.41) is 40.3. The van der Waals surface area contributed by atoms with E-state index in [1.165, 1.54) is 0 Å². The Morgan fingerprint density at radius 1 is 1.15 bits per heavy atom. The van der Waals surface area contributed by atoms with E-state index in [4.69, 9.17) is 5.26 Å². The maximum absolute atomic E-state index is 15.4. The van der Waals surface area contributed by atoms with Crippen molar-refractivity contribution in [2.75, 3.05) is 4.90 Å². The molecular weight excluding hydrogens is 455 g/mol. The van der Waals surface area contributed by atoms with Gasteiger partial charge in [0.15, 0.2) is 0 Å². The number of aromatic hydroxyl groups is 1. The lowest BCUT2D eigenvalue weighted by molar-refractivity contribution is 0.103. The molecule has 2 aliphatic heterocycles. The van der Waals surface area contributed by atoms with Crippen molar-refractivity contribution in [3.63, 3.8) is 0 Å². The van der Waals surface area contributed by atoms with Crippen LogP contribution in [0, 0.1) is 11.3 Å². The van der Waals surface area contributed by atoms with Gasteiger partial charge in [0.25, 0.3) is 0 Å². The zero-order chi connectivity index (χ0) is 23.2. The molecule has 34 heavy (non-hydrogen) atoms. The van der Waals surface area contributed by atoms with Crippen LogP contribution in [0.25, 0.3) is 21.8 Å². The van der Waals surface area contributed by atoms with Crippen LogP contribution in [0.2, 0.25) is 0 Å². The summed E-state index contributed by atoms with van der Waals surface area (Å²) < 4.78 is 15.4. The third kappa shape index (κ3) is 3.86. The number of anilines is 1. The predicted molar refractivity (Wildman–Crippen MR) is 124 cm³/mol. The molecule has 0 spiro atoms. The highest BCUT2D eigenvalue weighted by Crippen LogP contribution is 2.39. The number of aromatic nitrogens is 5. The van der Waals surface area contributed by atoms with Gasteiger partial charge in [-0.1, -0.05) is 23.8 Å². The number of piperidine rings is 2. The lowest BCUT2D eigenvalue weighted by Crippen LogP contribution is -2.62. The summed E-state index contributed by atoms with van der Waals surface area (Å²) in [6, 6.07) is 7.28. The van der Waals surface area contributed by atoms with E-state index in [9.17, 15) is 5.11 Å². The maximum atomic E-state index is 15.4. The normalized spacial score (nSPS) is 26.1. The van der Waals surface area contributed by atoms with Crippen molar-refractivity contribution in [2.45, 2.75) is 68.9 Å². The van der Waals surface area contributed by atoms with Gasteiger partial charge in [0.1, 0.15) is 28.7 Å². The molecule has 2 saturated heterocycles. The molecule has 174 valence electrons. The van der Waals surface area contributed by atoms with Crippen LogP contribution < -0.4 is 10.2 Å². The number of hydrogen-bond donors (Lipinski definition) is 2. The van der Waals surface area contributed by atoms with E-state index >= 15 is 4.39 Å². The van der Waals surface area contributed by atoms with Gasteiger partial charge in [-0.2, -0.15) is 5.26 Å². The highest BCUT2D eigenvalue weighted by Gasteiger charge is 2.47. The minimum Gasteiger partial charge on any atom is -0.507 e. The largest absolute Gasteiger partial charge is 0.507 e. The summed E-state index contributed by atoms with van der Waals surface area (Å²) in [6.45, 7) is 0. The van der Waals surface area contributed by atoms with E-state index in [0.29, 0.717) is 33.8 Å². The number of hydrogen-bond acceptors (Lipinski definition) is 10. The molecule has 2 bridgehead atoms. The molecule has 0 amide bonds. The van der Waals surface area contributed by atoms with Gasteiger partial charge in [-0.25, -0.2) is 9.37 Å². The highest BCUT2D eigenvalue weighted by molar-refractivity contribution is 7.15. The van der Waals surface area contributed by atoms with Crippen LogP contribution in [0.5, 0.6) is 5.75 Å². The Bertz CT molecular complexity index is 1240. The van der Waals surface area contributed by atoms with Crippen molar-refractivity contribution in [1.29, 1.82) is 5.26 Å². The topological polar surface area (TPSA) is 124 Å². The lowest BCUT2D eigenvalue weighted by Gasteiger charge is -2.46. The summed E-state index contributed by atoms with van der Waals surface area (Å²) in [6.07, 6.45) is 6.43. The number of fused-ring (bicyclic) bond motifs is 2. The fourth-order valence-corrected chi connectivity index (χ4v) is 5.80. The van der Waals surface area contributed by atoms with Crippen LogP contribution in [-0.2, 0) is 0 Å². The van der Waals surface area contributed by atoms with Crippen molar-refractivity contribution in [1.82, 2.24) is 30.7 Å². The van der Waals surface area contributed by atoms with Crippen molar-refractivity contribution in [2.24, 2.45) is 0 Å². The first-order valence-corrected chi connectivity index (χ1v) is 12.4. The van der Waals surface area contributed by atoms with E-state index in [0.717, 1.165) is 49.9 Å². The van der Waals surface area contributed by atoms with E-state index in [1.54, 1.807) is 24.4 Å². The Morgan fingerprint density at radius 2 is 2.03 bits per heavy atom. The van der Waals surface area contributed by atoms with Gasteiger partial charge >= 0.3 is 0 Å². The molecule has 6 rings (SSSR count). The molecule has 3 aromatic rings. The molecule has 3 fully saturated rings. The fraction of sp³-hybridized carbons (Fsp3) is 0.478. The number of alkyl halides is 1. The predicted octanol–water partition coefficient (Wildman–Crippen LogP) is 3.22. The number of nitrogens with one attached hydrogen (secondary N) is 1.